The first-order valence-electron chi connectivity index (χ1n) is 7.99. The van der Waals surface area contributed by atoms with Crippen molar-refractivity contribution in [3.63, 3.8) is 0 Å². The lowest BCUT2D eigenvalue weighted by Gasteiger charge is -2.36. The van der Waals surface area contributed by atoms with Gasteiger partial charge in [-0.2, -0.15) is 5.10 Å². The standard InChI is InChI=1S/C15H26N4O/c1-11(2)18-8-4-3-5-13(18)15-16-14-7-6-12(10-20)9-19(14)17-15/h11-13,20H,3-10H2,1-2H3. The molecule has 0 spiro atoms. The van der Waals surface area contributed by atoms with E-state index in [0.717, 1.165) is 37.6 Å². The summed E-state index contributed by atoms with van der Waals surface area (Å²) in [6, 6.07) is 0.931. The van der Waals surface area contributed by atoms with Crippen molar-refractivity contribution < 1.29 is 5.11 Å². The lowest BCUT2D eigenvalue weighted by molar-refractivity contribution is 0.106. The summed E-state index contributed by atoms with van der Waals surface area (Å²) in [5, 5.41) is 14.1. The number of aryl methyl sites for hydroxylation is 1. The van der Waals surface area contributed by atoms with Gasteiger partial charge in [0, 0.05) is 31.5 Å². The van der Waals surface area contributed by atoms with Crippen molar-refractivity contribution in [1.82, 2.24) is 19.7 Å². The fourth-order valence-electron chi connectivity index (χ4n) is 3.53. The van der Waals surface area contributed by atoms with Crippen LogP contribution in [0.2, 0.25) is 0 Å². The predicted molar refractivity (Wildman–Crippen MR) is 77.4 cm³/mol. The second-order valence-electron chi connectivity index (χ2n) is 6.50. The molecule has 1 saturated heterocycles. The summed E-state index contributed by atoms with van der Waals surface area (Å²) >= 11 is 0. The smallest absolute Gasteiger partial charge is 0.168 e. The van der Waals surface area contributed by atoms with Crippen molar-refractivity contribution in [3.05, 3.63) is 11.6 Å². The van der Waals surface area contributed by atoms with Crippen LogP contribution in [-0.4, -0.2) is 44.0 Å². The highest BCUT2D eigenvalue weighted by Crippen LogP contribution is 2.31. The zero-order valence-electron chi connectivity index (χ0n) is 12.6. The summed E-state index contributed by atoms with van der Waals surface area (Å²) in [6.45, 7) is 6.76. The lowest BCUT2D eigenvalue weighted by Crippen LogP contribution is -2.39. The van der Waals surface area contributed by atoms with Crippen molar-refractivity contribution in [1.29, 1.82) is 0 Å². The number of aliphatic hydroxyl groups excluding tert-OH is 1. The third-order valence-electron chi connectivity index (χ3n) is 4.74. The molecule has 0 aromatic carbocycles. The summed E-state index contributed by atoms with van der Waals surface area (Å²) in [6.07, 6.45) is 5.72. The number of rotatable bonds is 3. The molecule has 0 saturated carbocycles. The molecular formula is C15H26N4O. The van der Waals surface area contributed by atoms with E-state index in [-0.39, 0.29) is 6.61 Å². The van der Waals surface area contributed by atoms with Crippen LogP contribution in [0.5, 0.6) is 0 Å². The molecule has 112 valence electrons. The quantitative estimate of drug-likeness (QED) is 0.915. The Hall–Kier alpha value is -0.940. The molecule has 1 aromatic rings. The van der Waals surface area contributed by atoms with E-state index in [1.807, 2.05) is 4.68 Å². The summed E-state index contributed by atoms with van der Waals surface area (Å²) in [4.78, 5) is 7.34. The Labute approximate surface area is 121 Å². The third-order valence-corrected chi connectivity index (χ3v) is 4.74. The van der Waals surface area contributed by atoms with Crippen LogP contribution in [-0.2, 0) is 13.0 Å². The van der Waals surface area contributed by atoms with Crippen LogP contribution in [0.4, 0.5) is 0 Å². The molecule has 2 atom stereocenters. The van der Waals surface area contributed by atoms with Gasteiger partial charge in [0.2, 0.25) is 0 Å². The van der Waals surface area contributed by atoms with Crippen molar-refractivity contribution in [2.45, 2.75) is 64.6 Å². The highest BCUT2D eigenvalue weighted by atomic mass is 16.3. The van der Waals surface area contributed by atoms with Gasteiger partial charge in [-0.05, 0) is 39.7 Å². The van der Waals surface area contributed by atoms with E-state index < -0.39 is 0 Å². The number of aromatic nitrogens is 3. The molecule has 0 amide bonds. The molecule has 1 fully saturated rings. The number of hydrogen-bond donors (Lipinski definition) is 1. The van der Waals surface area contributed by atoms with Crippen LogP contribution >= 0.6 is 0 Å². The van der Waals surface area contributed by atoms with Crippen molar-refractivity contribution in [3.8, 4) is 0 Å². The maximum Gasteiger partial charge on any atom is 0.168 e. The van der Waals surface area contributed by atoms with Crippen molar-refractivity contribution >= 4 is 0 Å². The van der Waals surface area contributed by atoms with Gasteiger partial charge in [-0.25, -0.2) is 9.67 Å². The average Bonchev–Trinajstić information content (AvgIpc) is 2.89. The Balaban J connectivity index is 1.81. The largest absolute Gasteiger partial charge is 0.396 e. The topological polar surface area (TPSA) is 54.2 Å². The molecule has 2 aliphatic rings. The Kier molecular flexibility index (Phi) is 4.08. The molecule has 1 N–H and O–H groups in total. The van der Waals surface area contributed by atoms with Gasteiger partial charge in [-0.15, -0.1) is 0 Å². The van der Waals surface area contributed by atoms with Crippen LogP contribution in [0.15, 0.2) is 0 Å². The van der Waals surface area contributed by atoms with E-state index in [9.17, 15) is 5.11 Å². The molecular weight excluding hydrogens is 252 g/mol. The molecule has 3 heterocycles. The van der Waals surface area contributed by atoms with Crippen molar-refractivity contribution in [2.75, 3.05) is 13.2 Å². The van der Waals surface area contributed by atoms with Gasteiger partial charge >= 0.3 is 0 Å². The first-order chi connectivity index (χ1) is 9.69. The Bertz CT molecular complexity index is 457. The fourth-order valence-corrected chi connectivity index (χ4v) is 3.53. The number of likely N-dealkylation sites (tertiary alicyclic amines) is 1. The van der Waals surface area contributed by atoms with Gasteiger partial charge < -0.3 is 5.11 Å². The van der Waals surface area contributed by atoms with Gasteiger partial charge in [0.15, 0.2) is 5.82 Å². The zero-order chi connectivity index (χ0) is 14.1. The zero-order valence-corrected chi connectivity index (χ0v) is 12.6. The van der Waals surface area contributed by atoms with E-state index in [0.29, 0.717) is 18.0 Å². The highest BCUT2D eigenvalue weighted by Gasteiger charge is 2.31. The molecule has 0 radical (unpaired) electrons. The predicted octanol–water partition coefficient (Wildman–Crippen LogP) is 1.77. The average molecular weight is 278 g/mol. The minimum atomic E-state index is 0.260. The van der Waals surface area contributed by atoms with Gasteiger partial charge in [-0.1, -0.05) is 6.42 Å². The second-order valence-corrected chi connectivity index (χ2v) is 6.50. The lowest BCUT2D eigenvalue weighted by atomic mass is 10.00. The van der Waals surface area contributed by atoms with Gasteiger partial charge in [-0.3, -0.25) is 4.90 Å². The second kappa shape index (κ2) is 5.82. The highest BCUT2D eigenvalue weighted by molar-refractivity contribution is 5.03. The van der Waals surface area contributed by atoms with E-state index in [1.54, 1.807) is 0 Å². The molecule has 2 aliphatic heterocycles. The first-order valence-corrected chi connectivity index (χ1v) is 7.99. The number of hydrogen-bond acceptors (Lipinski definition) is 4. The molecule has 20 heavy (non-hydrogen) atoms. The number of aliphatic hydroxyl groups is 1. The number of fused-ring (bicyclic) bond motifs is 1. The van der Waals surface area contributed by atoms with Gasteiger partial charge in [0.1, 0.15) is 5.82 Å². The third kappa shape index (κ3) is 2.61. The minimum absolute atomic E-state index is 0.260. The summed E-state index contributed by atoms with van der Waals surface area (Å²) < 4.78 is 2.03. The molecule has 5 heteroatoms. The van der Waals surface area contributed by atoms with Gasteiger partial charge in [0.05, 0.1) is 6.04 Å². The van der Waals surface area contributed by atoms with E-state index in [2.05, 4.69) is 18.7 Å². The molecule has 5 nitrogen and oxygen atoms in total. The molecule has 3 rings (SSSR count). The maximum atomic E-state index is 9.32. The van der Waals surface area contributed by atoms with E-state index in [4.69, 9.17) is 10.1 Å². The van der Waals surface area contributed by atoms with Gasteiger partial charge in [0.25, 0.3) is 0 Å². The summed E-state index contributed by atoms with van der Waals surface area (Å²) in [5.41, 5.74) is 0. The summed E-state index contributed by atoms with van der Waals surface area (Å²) in [5.74, 6) is 2.47. The number of nitrogens with zero attached hydrogens (tertiary/aromatic N) is 4. The molecule has 1 aromatic heterocycles. The van der Waals surface area contributed by atoms with E-state index in [1.165, 1.54) is 19.3 Å². The van der Waals surface area contributed by atoms with Crippen LogP contribution in [0.1, 0.15) is 57.2 Å². The minimum Gasteiger partial charge on any atom is -0.396 e. The summed E-state index contributed by atoms with van der Waals surface area (Å²) in [7, 11) is 0. The molecule has 0 aliphatic carbocycles. The van der Waals surface area contributed by atoms with Crippen molar-refractivity contribution in [2.24, 2.45) is 5.92 Å². The van der Waals surface area contributed by atoms with Crippen LogP contribution in [0, 0.1) is 5.92 Å². The van der Waals surface area contributed by atoms with Crippen LogP contribution in [0.25, 0.3) is 0 Å². The van der Waals surface area contributed by atoms with E-state index >= 15 is 0 Å². The van der Waals surface area contributed by atoms with Crippen LogP contribution < -0.4 is 0 Å². The monoisotopic (exact) mass is 278 g/mol. The molecule has 0 bridgehead atoms. The Morgan fingerprint density at radius 1 is 1.30 bits per heavy atom. The Morgan fingerprint density at radius 3 is 2.90 bits per heavy atom. The maximum absolute atomic E-state index is 9.32. The fraction of sp³-hybridized carbons (Fsp3) is 0.867. The van der Waals surface area contributed by atoms with Crippen LogP contribution in [0.3, 0.4) is 0 Å². The first kappa shape index (κ1) is 14.0. The Morgan fingerprint density at radius 2 is 2.15 bits per heavy atom. The normalized spacial score (nSPS) is 27.8. The molecule has 2 unspecified atom stereocenters. The number of piperidine rings is 1. The SMILES string of the molecule is CC(C)N1CCCCC1c1nc2n(n1)CC(CO)CC2.